The number of nitrogens with one attached hydrogen (secondary N) is 2. The molecule has 2 aliphatic heterocycles. The molecule has 0 radical (unpaired) electrons. The van der Waals surface area contributed by atoms with Crippen LogP contribution in [-0.4, -0.2) is 62.0 Å². The summed E-state index contributed by atoms with van der Waals surface area (Å²) in [6.07, 6.45) is 3.07. The largest absolute Gasteiger partial charge is 0.439 e. The highest BCUT2D eigenvalue weighted by molar-refractivity contribution is 5.99. The molecular formula is C19H22N6O5. The number of ether oxygens (including phenoxy) is 4. The van der Waals surface area contributed by atoms with Gasteiger partial charge in [0.1, 0.15) is 36.3 Å². The van der Waals surface area contributed by atoms with Gasteiger partial charge in [0.05, 0.1) is 5.69 Å². The highest BCUT2D eigenvalue weighted by atomic mass is 16.8. The van der Waals surface area contributed by atoms with Gasteiger partial charge in [-0.05, 0) is 32.9 Å². The lowest BCUT2D eigenvalue weighted by Gasteiger charge is -2.24. The number of H-pyrrole nitrogens is 1. The Labute approximate surface area is 171 Å². The van der Waals surface area contributed by atoms with Crippen LogP contribution in [0, 0.1) is 5.41 Å². The van der Waals surface area contributed by atoms with Crippen LogP contribution in [0.1, 0.15) is 38.3 Å². The van der Waals surface area contributed by atoms with Gasteiger partial charge in [-0.3, -0.25) is 5.41 Å². The number of carbonyl (C=O) groups is 1. The number of rotatable bonds is 4. The van der Waals surface area contributed by atoms with Crippen molar-refractivity contribution in [2.45, 2.75) is 56.1 Å². The van der Waals surface area contributed by atoms with Crippen LogP contribution in [0.3, 0.4) is 0 Å². The molecule has 30 heavy (non-hydrogen) atoms. The quantitative estimate of drug-likeness (QED) is 0.504. The monoisotopic (exact) mass is 414 g/mol. The van der Waals surface area contributed by atoms with Gasteiger partial charge in [0.25, 0.3) is 0 Å². The molecule has 2 aromatic heterocycles. The summed E-state index contributed by atoms with van der Waals surface area (Å²) < 4.78 is 25.8. The van der Waals surface area contributed by atoms with E-state index in [1.165, 1.54) is 23.3 Å². The maximum Gasteiger partial charge on any atom is 0.419 e. The van der Waals surface area contributed by atoms with E-state index in [1.807, 2.05) is 26.8 Å². The van der Waals surface area contributed by atoms with E-state index in [1.54, 1.807) is 6.07 Å². The Balaban J connectivity index is 1.44. The second kappa shape index (κ2) is 6.00. The second-order valence-corrected chi connectivity index (χ2v) is 8.18. The van der Waals surface area contributed by atoms with Gasteiger partial charge in [-0.1, -0.05) is 0 Å². The fourth-order valence-electron chi connectivity index (χ4n) is 4.60. The number of amidine groups is 1. The predicted molar refractivity (Wildman–Crippen MR) is 103 cm³/mol. The lowest BCUT2D eigenvalue weighted by molar-refractivity contribution is -0.186. The molecule has 5 atom stereocenters. The first kappa shape index (κ1) is 19.0. The second-order valence-electron chi connectivity index (χ2n) is 8.18. The highest BCUT2D eigenvalue weighted by Gasteiger charge is 2.92. The van der Waals surface area contributed by atoms with Crippen molar-refractivity contribution in [2.75, 3.05) is 0 Å². The summed E-state index contributed by atoms with van der Waals surface area (Å²) in [6, 6.07) is 3.59. The van der Waals surface area contributed by atoms with E-state index in [-0.39, 0.29) is 5.84 Å². The molecule has 2 aromatic rings. The van der Waals surface area contributed by atoms with E-state index in [2.05, 4.69) is 15.0 Å². The molecule has 4 N–H and O–H groups in total. The fourth-order valence-corrected chi connectivity index (χ4v) is 4.60. The van der Waals surface area contributed by atoms with Crippen LogP contribution in [0.5, 0.6) is 0 Å². The molecule has 3 aliphatic rings. The maximum absolute atomic E-state index is 12.5. The van der Waals surface area contributed by atoms with E-state index in [0.29, 0.717) is 5.69 Å². The van der Waals surface area contributed by atoms with Gasteiger partial charge in [0.15, 0.2) is 17.5 Å². The molecule has 2 saturated heterocycles. The molecule has 0 bridgehead atoms. The molecule has 4 heterocycles. The Kier molecular flexibility index (Phi) is 3.79. The van der Waals surface area contributed by atoms with Gasteiger partial charge in [0, 0.05) is 18.1 Å². The Morgan fingerprint density at radius 2 is 2.20 bits per heavy atom. The average molecular weight is 414 g/mol. The van der Waals surface area contributed by atoms with Crippen molar-refractivity contribution in [1.29, 1.82) is 5.41 Å². The Morgan fingerprint density at radius 3 is 2.90 bits per heavy atom. The number of carbonyl (C=O) groups excluding carboxylic acids is 1. The van der Waals surface area contributed by atoms with Crippen LogP contribution in [0.25, 0.3) is 0 Å². The summed E-state index contributed by atoms with van der Waals surface area (Å²) >= 11 is 0. The van der Waals surface area contributed by atoms with Crippen LogP contribution in [0.2, 0.25) is 0 Å². The lowest BCUT2D eigenvalue weighted by atomic mass is 10.0. The lowest BCUT2D eigenvalue weighted by Crippen LogP contribution is -2.34. The minimum Gasteiger partial charge on any atom is -0.439 e. The average Bonchev–Trinajstić information content (AvgIpc) is 3.31. The molecule has 1 unspecified atom stereocenters. The first-order valence-electron chi connectivity index (χ1n) is 9.48. The van der Waals surface area contributed by atoms with E-state index >= 15 is 0 Å². The number of imidazole rings is 1. The van der Waals surface area contributed by atoms with Crippen molar-refractivity contribution in [1.82, 2.24) is 14.5 Å². The molecular weight excluding hydrogens is 392 g/mol. The SMILES string of the molecule is CC1(C)O[C@H]2[C@H](c3ccc(/C(N)=N\C=N)[nH]3)O[C@]3(C)C(OC(=O)n4ccnc4)[C@]23O1. The zero-order valence-electron chi connectivity index (χ0n) is 16.7. The summed E-state index contributed by atoms with van der Waals surface area (Å²) in [4.78, 5) is 23.3. The molecule has 0 amide bonds. The van der Waals surface area contributed by atoms with Gasteiger partial charge in [-0.2, -0.15) is 0 Å². The Morgan fingerprint density at radius 1 is 1.40 bits per heavy atom. The summed E-state index contributed by atoms with van der Waals surface area (Å²) in [6.45, 7) is 5.49. The summed E-state index contributed by atoms with van der Waals surface area (Å²) in [5, 5.41) is 7.07. The topological polar surface area (TPSA) is 150 Å². The molecule has 1 aliphatic carbocycles. The molecule has 1 saturated carbocycles. The third kappa shape index (κ3) is 2.42. The third-order valence-corrected chi connectivity index (χ3v) is 5.91. The Hall–Kier alpha value is -3.02. The predicted octanol–water partition coefficient (Wildman–Crippen LogP) is 1.31. The van der Waals surface area contributed by atoms with Crippen molar-refractivity contribution in [3.8, 4) is 0 Å². The number of aliphatic imine (C=N–C) groups is 1. The minimum atomic E-state index is -0.933. The minimum absolute atomic E-state index is 0.191. The molecule has 11 heteroatoms. The summed E-state index contributed by atoms with van der Waals surface area (Å²) in [5.41, 5.74) is 5.34. The van der Waals surface area contributed by atoms with Gasteiger partial charge < -0.3 is 29.7 Å². The van der Waals surface area contributed by atoms with Gasteiger partial charge in [-0.25, -0.2) is 19.3 Å². The van der Waals surface area contributed by atoms with Gasteiger partial charge >= 0.3 is 6.09 Å². The van der Waals surface area contributed by atoms with Crippen LogP contribution in [0.4, 0.5) is 4.79 Å². The molecule has 3 fully saturated rings. The van der Waals surface area contributed by atoms with E-state index in [9.17, 15) is 4.79 Å². The fraction of sp³-hybridized carbons (Fsp3) is 0.474. The van der Waals surface area contributed by atoms with Crippen molar-refractivity contribution in [3.05, 3.63) is 42.2 Å². The zero-order chi connectivity index (χ0) is 21.3. The summed E-state index contributed by atoms with van der Waals surface area (Å²) in [7, 11) is 0. The third-order valence-electron chi connectivity index (χ3n) is 5.91. The van der Waals surface area contributed by atoms with E-state index in [4.69, 9.17) is 30.1 Å². The first-order valence-corrected chi connectivity index (χ1v) is 9.48. The molecule has 1 spiro atoms. The van der Waals surface area contributed by atoms with E-state index < -0.39 is 41.4 Å². The standard InChI is InChI=1S/C19H22N6O5/c1-17(2)29-13-12(10-4-5-11(24-10)14(21)23-8-20)28-18(3)15(19(13,18)30-17)27-16(26)25-7-6-22-9-25/h4-9,12-13,15,24H,1-3H3,(H3,20,21,23)/t12-,13-,15?,18+,19+/m0/s1. The molecule has 11 nitrogen and oxygen atoms in total. The molecule has 158 valence electrons. The summed E-state index contributed by atoms with van der Waals surface area (Å²) in [5.74, 6) is -0.684. The molecule has 0 aromatic carbocycles. The van der Waals surface area contributed by atoms with Crippen LogP contribution >= 0.6 is 0 Å². The zero-order valence-corrected chi connectivity index (χ0v) is 16.7. The Bertz CT molecular complexity index is 1050. The maximum atomic E-state index is 12.5. The van der Waals surface area contributed by atoms with Crippen LogP contribution < -0.4 is 5.73 Å². The highest BCUT2D eigenvalue weighted by Crippen LogP contribution is 2.71. The number of aromatic amines is 1. The number of nitrogens with zero attached hydrogens (tertiary/aromatic N) is 3. The van der Waals surface area contributed by atoms with Gasteiger partial charge in [0.2, 0.25) is 0 Å². The number of nitrogens with two attached hydrogens (primary N) is 1. The smallest absolute Gasteiger partial charge is 0.419 e. The van der Waals surface area contributed by atoms with Crippen molar-refractivity contribution in [2.24, 2.45) is 10.7 Å². The van der Waals surface area contributed by atoms with Crippen LogP contribution in [-0.2, 0) is 18.9 Å². The van der Waals surface area contributed by atoms with Crippen molar-refractivity contribution in [3.63, 3.8) is 0 Å². The molecule has 5 rings (SSSR count). The van der Waals surface area contributed by atoms with Crippen molar-refractivity contribution < 1.29 is 23.7 Å². The van der Waals surface area contributed by atoms with Gasteiger partial charge in [-0.15, -0.1) is 0 Å². The van der Waals surface area contributed by atoms with E-state index in [0.717, 1.165) is 12.0 Å². The number of hydrogen-bond acceptors (Lipinski definition) is 7. The number of hydrogen-bond donors (Lipinski definition) is 3. The number of aromatic nitrogens is 3. The van der Waals surface area contributed by atoms with Crippen molar-refractivity contribution >= 4 is 18.3 Å². The van der Waals surface area contributed by atoms with Crippen LogP contribution in [0.15, 0.2) is 35.8 Å². The normalized spacial score (nSPS) is 36.2. The first-order chi connectivity index (χ1) is 14.2.